The quantitative estimate of drug-likeness (QED) is 0.928. The van der Waals surface area contributed by atoms with E-state index in [0.717, 1.165) is 0 Å². The molecule has 17 heavy (non-hydrogen) atoms. The fourth-order valence-corrected chi connectivity index (χ4v) is 2.95. The molecular weight excluding hydrogens is 278 g/mol. The van der Waals surface area contributed by atoms with Crippen LogP contribution in [-0.4, -0.2) is 27.2 Å². The molecule has 0 unspecified atom stereocenters. The van der Waals surface area contributed by atoms with Crippen LogP contribution >= 0.6 is 22.9 Å². The Labute approximate surface area is 113 Å². The van der Waals surface area contributed by atoms with E-state index in [4.69, 9.17) is 11.6 Å². The molecule has 0 spiro atoms. The lowest BCUT2D eigenvalue weighted by atomic mass is 10.3. The van der Waals surface area contributed by atoms with Crippen molar-refractivity contribution in [2.75, 3.05) is 12.3 Å². The highest BCUT2D eigenvalue weighted by atomic mass is 35.5. The Morgan fingerprint density at radius 3 is 2.59 bits per heavy atom. The molecular formula is C11H16ClNO2S2. The van der Waals surface area contributed by atoms with Gasteiger partial charge in [0.05, 0.1) is 9.21 Å². The molecule has 1 heterocycles. The zero-order chi connectivity index (χ0) is 13.1. The number of hydrogen-bond donors (Lipinski definition) is 1. The Hall–Kier alpha value is -0.390. The lowest BCUT2D eigenvalue weighted by Crippen LogP contribution is -2.32. The van der Waals surface area contributed by atoms with Crippen LogP contribution in [0.25, 0.3) is 0 Å². The average molecular weight is 294 g/mol. The molecule has 1 atom stereocenters. The second-order valence-electron chi connectivity index (χ2n) is 4.52. The summed E-state index contributed by atoms with van der Waals surface area (Å²) in [5.74, 6) is 0.307. The van der Waals surface area contributed by atoms with E-state index in [1.807, 2.05) is 20.8 Å². The number of carbonyl (C=O) groups excluding carboxylic acids is 1. The molecule has 0 aliphatic heterocycles. The van der Waals surface area contributed by atoms with Crippen molar-refractivity contribution in [3.05, 3.63) is 21.3 Å². The third-order valence-corrected chi connectivity index (χ3v) is 5.22. The zero-order valence-corrected chi connectivity index (χ0v) is 12.5. The van der Waals surface area contributed by atoms with Crippen LogP contribution in [0.3, 0.4) is 0 Å². The molecule has 0 saturated heterocycles. The monoisotopic (exact) mass is 293 g/mol. The van der Waals surface area contributed by atoms with Crippen molar-refractivity contribution in [3.63, 3.8) is 0 Å². The minimum Gasteiger partial charge on any atom is -0.350 e. The van der Waals surface area contributed by atoms with Gasteiger partial charge in [-0.3, -0.25) is 9.00 Å². The van der Waals surface area contributed by atoms with Crippen molar-refractivity contribution in [1.29, 1.82) is 0 Å². The number of amides is 1. The minimum absolute atomic E-state index is 0.159. The molecule has 0 aliphatic rings. The highest BCUT2D eigenvalue weighted by molar-refractivity contribution is 7.86. The predicted octanol–water partition coefficient (Wildman–Crippen LogP) is 2.68. The summed E-state index contributed by atoms with van der Waals surface area (Å²) in [4.78, 5) is 12.2. The Kier molecular flexibility index (Phi) is 5.16. The van der Waals surface area contributed by atoms with Crippen molar-refractivity contribution < 1.29 is 9.00 Å². The fraction of sp³-hybridized carbons (Fsp3) is 0.545. The molecule has 0 aliphatic carbocycles. The summed E-state index contributed by atoms with van der Waals surface area (Å²) in [6, 6.07) is 3.37. The van der Waals surface area contributed by atoms with E-state index < -0.39 is 10.8 Å². The van der Waals surface area contributed by atoms with E-state index in [0.29, 0.717) is 21.5 Å². The molecule has 3 nitrogen and oxygen atoms in total. The van der Waals surface area contributed by atoms with Gasteiger partial charge in [0.15, 0.2) is 0 Å². The summed E-state index contributed by atoms with van der Waals surface area (Å²) in [5, 5.41) is 2.74. The summed E-state index contributed by atoms with van der Waals surface area (Å²) in [6.07, 6.45) is 0. The van der Waals surface area contributed by atoms with E-state index in [-0.39, 0.29) is 10.7 Å². The SMILES string of the molecule is CC(C)(C)[S@](=O)CCNC(=O)c1ccc(Cl)s1. The maximum atomic E-state index is 11.7. The van der Waals surface area contributed by atoms with Crippen molar-refractivity contribution in [2.24, 2.45) is 0 Å². The Morgan fingerprint density at radius 1 is 1.47 bits per heavy atom. The van der Waals surface area contributed by atoms with Crippen LogP contribution in [0.1, 0.15) is 30.4 Å². The Balaban J connectivity index is 2.38. The van der Waals surface area contributed by atoms with E-state index in [2.05, 4.69) is 5.32 Å². The van der Waals surface area contributed by atoms with Crippen LogP contribution in [0.4, 0.5) is 0 Å². The van der Waals surface area contributed by atoms with Crippen LogP contribution < -0.4 is 5.32 Å². The molecule has 6 heteroatoms. The third-order valence-electron chi connectivity index (χ3n) is 2.05. The van der Waals surface area contributed by atoms with Gasteiger partial charge in [0.1, 0.15) is 0 Å². The first kappa shape index (κ1) is 14.7. The van der Waals surface area contributed by atoms with Crippen LogP contribution in [-0.2, 0) is 10.8 Å². The molecule has 1 amide bonds. The maximum absolute atomic E-state index is 11.7. The van der Waals surface area contributed by atoms with Gasteiger partial charge in [0, 0.05) is 27.8 Å². The fourth-order valence-electron chi connectivity index (χ4n) is 1.09. The molecule has 0 fully saturated rings. The lowest BCUT2D eigenvalue weighted by Gasteiger charge is -2.17. The van der Waals surface area contributed by atoms with Crippen LogP contribution in [0, 0.1) is 0 Å². The zero-order valence-electron chi connectivity index (χ0n) is 10.1. The number of nitrogens with one attached hydrogen (secondary N) is 1. The van der Waals surface area contributed by atoms with Gasteiger partial charge >= 0.3 is 0 Å². The van der Waals surface area contributed by atoms with Crippen molar-refractivity contribution in [2.45, 2.75) is 25.5 Å². The number of carbonyl (C=O) groups is 1. The summed E-state index contributed by atoms with van der Waals surface area (Å²) in [5.41, 5.74) is 0. The van der Waals surface area contributed by atoms with Crippen LogP contribution in [0.15, 0.2) is 12.1 Å². The number of rotatable bonds is 4. The van der Waals surface area contributed by atoms with Gasteiger partial charge in [-0.05, 0) is 32.9 Å². The third kappa shape index (κ3) is 4.77. The van der Waals surface area contributed by atoms with Crippen LogP contribution in [0.5, 0.6) is 0 Å². The first-order chi connectivity index (χ1) is 7.80. The van der Waals surface area contributed by atoms with Gasteiger partial charge in [-0.15, -0.1) is 11.3 Å². The first-order valence-electron chi connectivity index (χ1n) is 5.23. The van der Waals surface area contributed by atoms with Gasteiger partial charge in [-0.25, -0.2) is 0 Å². The molecule has 1 aromatic heterocycles. The molecule has 1 aromatic rings. The second-order valence-corrected chi connectivity index (χ2v) is 8.56. The van der Waals surface area contributed by atoms with Gasteiger partial charge in [-0.1, -0.05) is 11.6 Å². The van der Waals surface area contributed by atoms with Gasteiger partial charge in [0.2, 0.25) is 0 Å². The summed E-state index contributed by atoms with van der Waals surface area (Å²) in [7, 11) is -0.942. The molecule has 1 rings (SSSR count). The molecule has 0 bridgehead atoms. The topological polar surface area (TPSA) is 46.2 Å². The smallest absolute Gasteiger partial charge is 0.261 e. The molecule has 0 saturated carbocycles. The van der Waals surface area contributed by atoms with E-state index in [1.165, 1.54) is 11.3 Å². The van der Waals surface area contributed by atoms with Gasteiger partial charge in [0.25, 0.3) is 5.91 Å². The Bertz CT molecular complexity index is 423. The molecule has 96 valence electrons. The molecule has 1 N–H and O–H groups in total. The minimum atomic E-state index is -0.942. The summed E-state index contributed by atoms with van der Waals surface area (Å²) >= 11 is 6.98. The molecule has 0 radical (unpaired) electrons. The molecule has 0 aromatic carbocycles. The highest BCUT2D eigenvalue weighted by Gasteiger charge is 2.19. The van der Waals surface area contributed by atoms with Gasteiger partial charge < -0.3 is 5.32 Å². The largest absolute Gasteiger partial charge is 0.350 e. The standard InChI is InChI=1S/C11H16ClNO2S2/c1-11(2,3)17(15)7-6-13-10(14)8-4-5-9(12)16-8/h4-5H,6-7H2,1-3H3,(H,13,14)/t17-/m1/s1. The highest BCUT2D eigenvalue weighted by Crippen LogP contribution is 2.21. The number of halogens is 1. The summed E-state index contributed by atoms with van der Waals surface area (Å²) in [6.45, 7) is 6.18. The summed E-state index contributed by atoms with van der Waals surface area (Å²) < 4.78 is 12.1. The van der Waals surface area contributed by atoms with Crippen LogP contribution in [0.2, 0.25) is 4.34 Å². The second kappa shape index (κ2) is 5.98. The van der Waals surface area contributed by atoms with Gasteiger partial charge in [-0.2, -0.15) is 0 Å². The maximum Gasteiger partial charge on any atom is 0.261 e. The predicted molar refractivity (Wildman–Crippen MR) is 74.4 cm³/mol. The Morgan fingerprint density at radius 2 is 2.12 bits per heavy atom. The van der Waals surface area contributed by atoms with E-state index >= 15 is 0 Å². The lowest BCUT2D eigenvalue weighted by molar-refractivity contribution is 0.0960. The van der Waals surface area contributed by atoms with E-state index in [9.17, 15) is 9.00 Å². The van der Waals surface area contributed by atoms with Crippen molar-refractivity contribution in [3.8, 4) is 0 Å². The van der Waals surface area contributed by atoms with E-state index in [1.54, 1.807) is 12.1 Å². The number of thiophene rings is 1. The normalized spacial score (nSPS) is 13.4. The van der Waals surface area contributed by atoms with Crippen molar-refractivity contribution in [1.82, 2.24) is 5.32 Å². The van der Waals surface area contributed by atoms with Crippen molar-refractivity contribution >= 4 is 39.6 Å². The average Bonchev–Trinajstić information content (AvgIpc) is 2.63. The number of hydrogen-bond acceptors (Lipinski definition) is 3. The first-order valence-corrected chi connectivity index (χ1v) is 7.74.